The Morgan fingerprint density at radius 3 is 1.35 bits per heavy atom. The molecule has 0 N–H and O–H groups in total. The van der Waals surface area contributed by atoms with Crippen molar-refractivity contribution in [1.82, 2.24) is 0 Å². The summed E-state index contributed by atoms with van der Waals surface area (Å²) in [5, 5.41) is 3.10. The van der Waals surface area contributed by atoms with Crippen LogP contribution in [0.4, 0.5) is 0 Å². The predicted octanol–water partition coefficient (Wildman–Crippen LogP) is 3.13. The molecule has 0 aliphatic heterocycles. The highest BCUT2D eigenvalue weighted by Gasteiger charge is 2.28. The number of hydrogen-bond donors (Lipinski definition) is 0. The van der Waals surface area contributed by atoms with E-state index >= 15 is 0 Å². The van der Waals surface area contributed by atoms with Crippen LogP contribution in [0.25, 0.3) is 0 Å². The molecule has 0 saturated heterocycles. The van der Waals surface area contributed by atoms with Crippen LogP contribution < -0.4 is 10.4 Å². The van der Waals surface area contributed by atoms with Crippen molar-refractivity contribution in [2.75, 3.05) is 0 Å². The quantitative estimate of drug-likeness (QED) is 0.708. The van der Waals surface area contributed by atoms with Crippen molar-refractivity contribution < 1.29 is 0 Å². The van der Waals surface area contributed by atoms with E-state index in [-0.39, 0.29) is 0 Å². The van der Waals surface area contributed by atoms with Gasteiger partial charge in [0.05, 0.1) is 0 Å². The zero-order chi connectivity index (χ0) is 12.5. The minimum absolute atomic E-state index is 1.42. The molecule has 88 valence electrons. The average molecular weight is 240 g/mol. The van der Waals surface area contributed by atoms with Crippen LogP contribution in [0.1, 0.15) is 11.1 Å². The van der Waals surface area contributed by atoms with Crippen molar-refractivity contribution in [1.29, 1.82) is 0 Å². The minimum Gasteiger partial charge on any atom is -0.0623 e. The second kappa shape index (κ2) is 4.50. The van der Waals surface area contributed by atoms with Gasteiger partial charge in [0.1, 0.15) is 8.07 Å². The molecule has 0 aromatic heterocycles. The lowest BCUT2D eigenvalue weighted by Gasteiger charge is -2.27. The summed E-state index contributed by atoms with van der Waals surface area (Å²) >= 11 is 0. The monoisotopic (exact) mass is 240 g/mol. The second-order valence-corrected chi connectivity index (χ2v) is 9.58. The van der Waals surface area contributed by atoms with E-state index in [1.54, 1.807) is 10.4 Å². The number of rotatable bonds is 2. The van der Waals surface area contributed by atoms with Gasteiger partial charge in [-0.3, -0.25) is 0 Å². The molecule has 2 aromatic rings. The molecular weight excluding hydrogens is 220 g/mol. The van der Waals surface area contributed by atoms with E-state index in [1.165, 1.54) is 11.1 Å². The van der Waals surface area contributed by atoms with Gasteiger partial charge in [-0.15, -0.1) is 0 Å². The molecular formula is C16H20Si. The average Bonchev–Trinajstić information content (AvgIpc) is 2.29. The van der Waals surface area contributed by atoms with E-state index in [4.69, 9.17) is 0 Å². The van der Waals surface area contributed by atoms with Gasteiger partial charge in [0, 0.05) is 0 Å². The van der Waals surface area contributed by atoms with E-state index in [0.717, 1.165) is 0 Å². The Kier molecular flexibility index (Phi) is 3.21. The molecule has 2 rings (SSSR count). The molecule has 0 spiro atoms. The Balaban J connectivity index is 2.58. The first-order valence-corrected chi connectivity index (χ1v) is 9.15. The number of aryl methyl sites for hydroxylation is 2. The Morgan fingerprint density at radius 1 is 0.647 bits per heavy atom. The van der Waals surface area contributed by atoms with Crippen molar-refractivity contribution in [2.24, 2.45) is 0 Å². The first-order valence-electron chi connectivity index (χ1n) is 6.15. The van der Waals surface area contributed by atoms with E-state index in [0.29, 0.717) is 0 Å². The molecule has 0 bridgehead atoms. The topological polar surface area (TPSA) is 0 Å². The van der Waals surface area contributed by atoms with Gasteiger partial charge in [0.25, 0.3) is 0 Å². The molecule has 0 nitrogen and oxygen atoms in total. The Hall–Kier alpha value is -1.34. The zero-order valence-corrected chi connectivity index (χ0v) is 12.1. The van der Waals surface area contributed by atoms with Crippen LogP contribution in [-0.4, -0.2) is 8.07 Å². The van der Waals surface area contributed by atoms with E-state index in [1.807, 2.05) is 0 Å². The van der Waals surface area contributed by atoms with E-state index in [2.05, 4.69) is 75.5 Å². The molecule has 1 heteroatoms. The molecule has 0 radical (unpaired) electrons. The summed E-state index contributed by atoms with van der Waals surface area (Å²) in [4.78, 5) is 0. The zero-order valence-electron chi connectivity index (χ0n) is 11.1. The normalized spacial score (nSPS) is 11.5. The van der Waals surface area contributed by atoms with Gasteiger partial charge in [-0.1, -0.05) is 83.1 Å². The van der Waals surface area contributed by atoms with Gasteiger partial charge in [-0.2, -0.15) is 0 Å². The molecule has 2 aromatic carbocycles. The molecule has 0 aliphatic rings. The Bertz CT molecular complexity index is 479. The van der Waals surface area contributed by atoms with E-state index < -0.39 is 8.07 Å². The summed E-state index contributed by atoms with van der Waals surface area (Å²) in [6.07, 6.45) is 0. The van der Waals surface area contributed by atoms with Gasteiger partial charge < -0.3 is 0 Å². The SMILES string of the molecule is Cc1ccccc1[Si](C)(C)c1ccccc1C. The summed E-state index contributed by atoms with van der Waals surface area (Å²) in [5.41, 5.74) is 2.85. The number of hydrogen-bond acceptors (Lipinski definition) is 0. The second-order valence-electron chi connectivity index (χ2n) is 5.25. The molecule has 0 heterocycles. The van der Waals surface area contributed by atoms with Gasteiger partial charge in [0.2, 0.25) is 0 Å². The largest absolute Gasteiger partial charge is 0.112 e. The lowest BCUT2D eigenvalue weighted by atomic mass is 10.2. The van der Waals surface area contributed by atoms with Gasteiger partial charge >= 0.3 is 0 Å². The summed E-state index contributed by atoms with van der Waals surface area (Å²) in [5.74, 6) is 0. The van der Waals surface area contributed by atoms with Crippen LogP contribution in [-0.2, 0) is 0 Å². The highest BCUT2D eigenvalue weighted by molar-refractivity contribution is 7.00. The van der Waals surface area contributed by atoms with E-state index in [9.17, 15) is 0 Å². The van der Waals surface area contributed by atoms with Crippen LogP contribution >= 0.6 is 0 Å². The predicted molar refractivity (Wildman–Crippen MR) is 79.1 cm³/mol. The van der Waals surface area contributed by atoms with Crippen molar-refractivity contribution in [3.8, 4) is 0 Å². The Morgan fingerprint density at radius 2 is 1.00 bits per heavy atom. The smallest absolute Gasteiger partial charge is 0.0623 e. The van der Waals surface area contributed by atoms with Crippen LogP contribution in [0.5, 0.6) is 0 Å². The first-order chi connectivity index (χ1) is 8.03. The molecule has 0 fully saturated rings. The third kappa shape index (κ3) is 2.20. The summed E-state index contributed by atoms with van der Waals surface area (Å²) < 4.78 is 0. The molecule has 0 amide bonds. The lowest BCUT2D eigenvalue weighted by Crippen LogP contribution is -2.54. The summed E-state index contributed by atoms with van der Waals surface area (Å²) in [7, 11) is -1.54. The van der Waals surface area contributed by atoms with Crippen LogP contribution in [0.2, 0.25) is 13.1 Å². The highest BCUT2D eigenvalue weighted by atomic mass is 28.3. The van der Waals surface area contributed by atoms with Crippen molar-refractivity contribution in [3.63, 3.8) is 0 Å². The maximum absolute atomic E-state index is 2.44. The highest BCUT2D eigenvalue weighted by Crippen LogP contribution is 2.10. The van der Waals surface area contributed by atoms with Crippen LogP contribution in [0, 0.1) is 13.8 Å². The fourth-order valence-corrected chi connectivity index (χ4v) is 6.15. The summed E-state index contributed by atoms with van der Waals surface area (Å²) in [6, 6.07) is 17.6. The van der Waals surface area contributed by atoms with Crippen LogP contribution in [0.15, 0.2) is 48.5 Å². The fourth-order valence-electron chi connectivity index (χ4n) is 2.69. The maximum Gasteiger partial charge on any atom is 0.112 e. The third-order valence-corrected chi connectivity index (χ3v) is 7.45. The van der Waals surface area contributed by atoms with Crippen molar-refractivity contribution >= 4 is 18.4 Å². The lowest BCUT2D eigenvalue weighted by molar-refractivity contribution is 1.47. The van der Waals surface area contributed by atoms with Crippen molar-refractivity contribution in [3.05, 3.63) is 59.7 Å². The molecule has 0 saturated carbocycles. The molecule has 17 heavy (non-hydrogen) atoms. The molecule has 0 atom stereocenters. The maximum atomic E-state index is 2.44. The summed E-state index contributed by atoms with van der Waals surface area (Å²) in [6.45, 7) is 9.33. The van der Waals surface area contributed by atoms with Crippen molar-refractivity contribution in [2.45, 2.75) is 26.9 Å². The third-order valence-electron chi connectivity index (χ3n) is 3.64. The van der Waals surface area contributed by atoms with Gasteiger partial charge in [-0.05, 0) is 13.8 Å². The standard InChI is InChI=1S/C16H20Si/c1-13-9-5-7-11-15(13)17(3,4)16-12-8-6-10-14(16)2/h5-12H,1-4H3. The fraction of sp³-hybridized carbons (Fsp3) is 0.250. The number of benzene rings is 2. The minimum atomic E-state index is -1.54. The Labute approximate surface area is 105 Å². The van der Waals surface area contributed by atoms with Gasteiger partial charge in [0.15, 0.2) is 0 Å². The molecule has 0 aliphatic carbocycles. The molecule has 0 unspecified atom stereocenters. The first kappa shape index (κ1) is 12.1. The van der Waals surface area contributed by atoms with Gasteiger partial charge in [-0.25, -0.2) is 0 Å². The van der Waals surface area contributed by atoms with Crippen LogP contribution in [0.3, 0.4) is 0 Å².